The van der Waals surface area contributed by atoms with E-state index in [4.69, 9.17) is 21.9 Å². The lowest BCUT2D eigenvalue weighted by Gasteiger charge is -1.98. The van der Waals surface area contributed by atoms with Gasteiger partial charge < -0.3 is 10.3 Å². The molecule has 100 valence electrons. The molecule has 0 aliphatic rings. The van der Waals surface area contributed by atoms with Gasteiger partial charge in [0.1, 0.15) is 0 Å². The number of nitrogen functional groups attached to an aromatic ring is 1. The number of halogens is 1. The fraction of sp³-hybridized carbons (Fsp3) is 0.0667. The molecule has 0 unspecified atom stereocenters. The van der Waals surface area contributed by atoms with Crippen LogP contribution in [0.15, 0.2) is 53.1 Å². The summed E-state index contributed by atoms with van der Waals surface area (Å²) in [7, 11) is 0. The Balaban J connectivity index is 1.84. The van der Waals surface area contributed by atoms with Crippen molar-refractivity contribution in [2.75, 3.05) is 5.73 Å². The molecule has 0 saturated heterocycles. The van der Waals surface area contributed by atoms with Crippen LogP contribution in [0.1, 0.15) is 11.5 Å². The average Bonchev–Trinajstić information content (AvgIpc) is 2.90. The van der Waals surface area contributed by atoms with E-state index in [1.54, 1.807) is 0 Å². The fourth-order valence-corrected chi connectivity index (χ4v) is 2.04. The zero-order valence-corrected chi connectivity index (χ0v) is 11.3. The fourth-order valence-electron chi connectivity index (χ4n) is 1.91. The van der Waals surface area contributed by atoms with E-state index in [0.717, 1.165) is 11.1 Å². The van der Waals surface area contributed by atoms with Gasteiger partial charge >= 0.3 is 0 Å². The largest absolute Gasteiger partial charge is 0.398 e. The van der Waals surface area contributed by atoms with E-state index in [-0.39, 0.29) is 0 Å². The van der Waals surface area contributed by atoms with Crippen molar-refractivity contribution in [3.05, 3.63) is 65.0 Å². The maximum absolute atomic E-state index is 5.89. The topological polar surface area (TPSA) is 64.9 Å². The lowest BCUT2D eigenvalue weighted by molar-refractivity contribution is 0.386. The van der Waals surface area contributed by atoms with Crippen LogP contribution in [0, 0.1) is 0 Å². The van der Waals surface area contributed by atoms with E-state index in [1.165, 1.54) is 0 Å². The molecule has 20 heavy (non-hydrogen) atoms. The van der Waals surface area contributed by atoms with Gasteiger partial charge in [-0.25, -0.2) is 0 Å². The van der Waals surface area contributed by atoms with E-state index in [0.29, 0.717) is 28.8 Å². The van der Waals surface area contributed by atoms with Gasteiger partial charge in [0.2, 0.25) is 11.7 Å². The van der Waals surface area contributed by atoms with Crippen LogP contribution >= 0.6 is 11.6 Å². The molecule has 3 rings (SSSR count). The maximum Gasteiger partial charge on any atom is 0.231 e. The molecule has 0 radical (unpaired) electrons. The van der Waals surface area contributed by atoms with Crippen LogP contribution in [0.4, 0.5) is 5.69 Å². The molecule has 0 aliphatic heterocycles. The monoisotopic (exact) mass is 285 g/mol. The third kappa shape index (κ3) is 2.65. The van der Waals surface area contributed by atoms with Crippen LogP contribution in [0.3, 0.4) is 0 Å². The summed E-state index contributed by atoms with van der Waals surface area (Å²) in [5, 5.41) is 4.67. The number of aromatic nitrogens is 2. The summed E-state index contributed by atoms with van der Waals surface area (Å²) in [5.41, 5.74) is 8.36. The van der Waals surface area contributed by atoms with Crippen molar-refractivity contribution >= 4 is 17.3 Å². The molecular weight excluding hydrogens is 274 g/mol. The Labute approximate surface area is 121 Å². The summed E-state index contributed by atoms with van der Waals surface area (Å²) in [5.74, 6) is 1.05. The summed E-state index contributed by atoms with van der Waals surface area (Å²) in [6.07, 6.45) is 0.566. The molecule has 5 heteroatoms. The average molecular weight is 286 g/mol. The SMILES string of the molecule is Nc1ccccc1-c1noc(Cc2ccc(Cl)cc2)n1. The van der Waals surface area contributed by atoms with Crippen molar-refractivity contribution in [2.24, 2.45) is 0 Å². The van der Waals surface area contributed by atoms with Gasteiger partial charge in [0.15, 0.2) is 0 Å². The highest BCUT2D eigenvalue weighted by molar-refractivity contribution is 6.30. The standard InChI is InChI=1S/C15H12ClN3O/c16-11-7-5-10(6-8-11)9-14-18-15(19-20-14)12-3-1-2-4-13(12)17/h1-8H,9,17H2. The second kappa shape index (κ2) is 5.35. The number of anilines is 1. The molecule has 4 nitrogen and oxygen atoms in total. The third-order valence-corrected chi connectivity index (χ3v) is 3.19. The highest BCUT2D eigenvalue weighted by Crippen LogP contribution is 2.23. The Bertz CT molecular complexity index is 722. The van der Waals surface area contributed by atoms with Gasteiger partial charge in [-0.1, -0.05) is 41.0 Å². The zero-order valence-electron chi connectivity index (χ0n) is 10.6. The van der Waals surface area contributed by atoms with E-state index in [9.17, 15) is 0 Å². The minimum atomic E-state index is 0.507. The lowest BCUT2D eigenvalue weighted by atomic mass is 10.1. The van der Waals surface area contributed by atoms with Gasteiger partial charge in [0, 0.05) is 16.3 Å². The van der Waals surface area contributed by atoms with Gasteiger partial charge in [0.25, 0.3) is 0 Å². The molecule has 3 aromatic rings. The first-order valence-electron chi connectivity index (χ1n) is 6.14. The van der Waals surface area contributed by atoms with Gasteiger partial charge in [-0.05, 0) is 29.8 Å². The molecule has 2 N–H and O–H groups in total. The first-order valence-corrected chi connectivity index (χ1v) is 6.52. The molecule has 1 heterocycles. The van der Waals surface area contributed by atoms with Crippen LogP contribution < -0.4 is 5.73 Å². The van der Waals surface area contributed by atoms with E-state index < -0.39 is 0 Å². The molecule has 0 spiro atoms. The lowest BCUT2D eigenvalue weighted by Crippen LogP contribution is -1.91. The van der Waals surface area contributed by atoms with Crippen LogP contribution in [-0.2, 0) is 6.42 Å². The van der Waals surface area contributed by atoms with Gasteiger partial charge in [0.05, 0.1) is 6.42 Å². The number of nitrogens with zero attached hydrogens (tertiary/aromatic N) is 2. The molecular formula is C15H12ClN3O. The molecule has 0 bridgehead atoms. The normalized spacial score (nSPS) is 10.7. The summed E-state index contributed by atoms with van der Waals surface area (Å²) in [4.78, 5) is 4.37. The van der Waals surface area contributed by atoms with Crippen LogP contribution in [0.5, 0.6) is 0 Å². The molecule has 0 fully saturated rings. The molecule has 0 atom stereocenters. The van der Waals surface area contributed by atoms with E-state index >= 15 is 0 Å². The number of nitrogens with two attached hydrogens (primary N) is 1. The number of benzene rings is 2. The summed E-state index contributed by atoms with van der Waals surface area (Å²) in [6.45, 7) is 0. The van der Waals surface area contributed by atoms with Crippen molar-refractivity contribution in [3.8, 4) is 11.4 Å². The Morgan fingerprint density at radius 3 is 2.55 bits per heavy atom. The Morgan fingerprint density at radius 2 is 1.80 bits per heavy atom. The number of hydrogen-bond donors (Lipinski definition) is 1. The highest BCUT2D eigenvalue weighted by Gasteiger charge is 2.11. The van der Waals surface area contributed by atoms with Gasteiger partial charge in [-0.2, -0.15) is 4.98 Å². The highest BCUT2D eigenvalue weighted by atomic mass is 35.5. The van der Waals surface area contributed by atoms with Crippen LogP contribution in [0.2, 0.25) is 5.02 Å². The second-order valence-corrected chi connectivity index (χ2v) is 4.84. The summed E-state index contributed by atoms with van der Waals surface area (Å²) < 4.78 is 5.26. The van der Waals surface area contributed by atoms with Gasteiger partial charge in [-0.3, -0.25) is 0 Å². The number of hydrogen-bond acceptors (Lipinski definition) is 4. The minimum absolute atomic E-state index is 0.507. The van der Waals surface area contributed by atoms with Gasteiger partial charge in [-0.15, -0.1) is 0 Å². The van der Waals surface area contributed by atoms with Crippen molar-refractivity contribution in [3.63, 3.8) is 0 Å². The minimum Gasteiger partial charge on any atom is -0.398 e. The predicted octanol–water partition coefficient (Wildman–Crippen LogP) is 3.56. The second-order valence-electron chi connectivity index (χ2n) is 4.40. The van der Waals surface area contributed by atoms with Crippen LogP contribution in [0.25, 0.3) is 11.4 Å². The van der Waals surface area contributed by atoms with Crippen LogP contribution in [-0.4, -0.2) is 10.1 Å². The first kappa shape index (κ1) is 12.7. The van der Waals surface area contributed by atoms with Crippen molar-refractivity contribution in [1.82, 2.24) is 10.1 Å². The third-order valence-electron chi connectivity index (χ3n) is 2.94. The predicted molar refractivity (Wildman–Crippen MR) is 78.4 cm³/mol. The molecule has 1 aromatic heterocycles. The van der Waals surface area contributed by atoms with Crippen molar-refractivity contribution in [1.29, 1.82) is 0 Å². The molecule has 0 aliphatic carbocycles. The Kier molecular flexibility index (Phi) is 3.39. The summed E-state index contributed by atoms with van der Waals surface area (Å²) >= 11 is 5.85. The Hall–Kier alpha value is -2.33. The molecule has 2 aromatic carbocycles. The number of rotatable bonds is 3. The smallest absolute Gasteiger partial charge is 0.231 e. The molecule has 0 saturated carbocycles. The molecule has 0 amide bonds. The van der Waals surface area contributed by atoms with Crippen molar-refractivity contribution in [2.45, 2.75) is 6.42 Å². The van der Waals surface area contributed by atoms with Crippen molar-refractivity contribution < 1.29 is 4.52 Å². The quantitative estimate of drug-likeness (QED) is 0.747. The van der Waals surface area contributed by atoms with E-state index in [1.807, 2.05) is 48.5 Å². The first-order chi connectivity index (χ1) is 9.72. The Morgan fingerprint density at radius 1 is 1.05 bits per heavy atom. The summed E-state index contributed by atoms with van der Waals surface area (Å²) in [6, 6.07) is 15.0. The van der Waals surface area contributed by atoms with E-state index in [2.05, 4.69) is 10.1 Å². The number of para-hydroxylation sites is 1. The maximum atomic E-state index is 5.89. The zero-order chi connectivity index (χ0) is 13.9.